The van der Waals surface area contributed by atoms with E-state index in [0.717, 1.165) is 17.4 Å². The molecule has 7 nitrogen and oxygen atoms in total. The van der Waals surface area contributed by atoms with Crippen LogP contribution in [-0.2, 0) is 9.59 Å². The summed E-state index contributed by atoms with van der Waals surface area (Å²) < 4.78 is 1.42. The van der Waals surface area contributed by atoms with Crippen molar-refractivity contribution in [2.75, 3.05) is 61.4 Å². The molecule has 1 amide bonds. The van der Waals surface area contributed by atoms with Gasteiger partial charge in [-0.15, -0.1) is 0 Å². The summed E-state index contributed by atoms with van der Waals surface area (Å²) >= 11 is 0. The molecule has 0 aliphatic rings. The molecule has 27 heavy (non-hydrogen) atoms. The normalized spacial score (nSPS) is 15.3. The van der Waals surface area contributed by atoms with Gasteiger partial charge in [-0.25, -0.2) is 0 Å². The summed E-state index contributed by atoms with van der Waals surface area (Å²) in [6.45, 7) is 8.21. The van der Waals surface area contributed by atoms with E-state index in [2.05, 4.69) is 40.6 Å². The monoisotopic (exact) mass is 389 g/mol. The van der Waals surface area contributed by atoms with E-state index < -0.39 is 17.3 Å². The minimum atomic E-state index is -0.843. The second-order valence-corrected chi connectivity index (χ2v) is 10.1. The van der Waals surface area contributed by atoms with E-state index in [0.29, 0.717) is 37.0 Å². The molecular formula is C20H43N3O4+2. The molecule has 0 saturated heterocycles. The first-order valence-corrected chi connectivity index (χ1v) is 9.91. The van der Waals surface area contributed by atoms with Gasteiger partial charge in [-0.05, 0) is 12.8 Å². The molecule has 7 heteroatoms. The molecule has 0 aromatic rings. The SMILES string of the molecule is CCC(CC(C)(C)C(=O)NCCC[N+](C)(C)CC(O)C[N+](C)(C)C)C(=O)O. The first-order chi connectivity index (χ1) is 12.1. The summed E-state index contributed by atoms with van der Waals surface area (Å²) in [4.78, 5) is 23.7. The van der Waals surface area contributed by atoms with Gasteiger partial charge in [-0.2, -0.15) is 0 Å². The average molecular weight is 390 g/mol. The van der Waals surface area contributed by atoms with Gasteiger partial charge >= 0.3 is 5.97 Å². The molecule has 2 atom stereocenters. The Kier molecular flexibility index (Phi) is 9.93. The fourth-order valence-electron chi connectivity index (χ4n) is 3.42. The van der Waals surface area contributed by atoms with Crippen LogP contribution in [0.25, 0.3) is 0 Å². The molecule has 3 N–H and O–H groups in total. The highest BCUT2D eigenvalue weighted by Gasteiger charge is 2.33. The second-order valence-electron chi connectivity index (χ2n) is 10.1. The summed E-state index contributed by atoms with van der Waals surface area (Å²) in [6, 6.07) is 0. The van der Waals surface area contributed by atoms with Crippen molar-refractivity contribution < 1.29 is 28.8 Å². The fourth-order valence-corrected chi connectivity index (χ4v) is 3.42. The molecule has 0 spiro atoms. The van der Waals surface area contributed by atoms with E-state index in [1.807, 2.05) is 6.92 Å². The Bertz CT molecular complexity index is 484. The van der Waals surface area contributed by atoms with Crippen LogP contribution in [0.4, 0.5) is 0 Å². The highest BCUT2D eigenvalue weighted by Crippen LogP contribution is 2.27. The van der Waals surface area contributed by atoms with Gasteiger partial charge in [0.05, 0.1) is 47.7 Å². The molecule has 2 unspecified atom stereocenters. The molecule has 0 aromatic carbocycles. The number of carbonyl (C=O) groups is 2. The van der Waals surface area contributed by atoms with Crippen molar-refractivity contribution in [3.8, 4) is 0 Å². The van der Waals surface area contributed by atoms with Gasteiger partial charge in [0, 0.05) is 18.4 Å². The summed E-state index contributed by atoms with van der Waals surface area (Å²) in [5, 5.41) is 22.4. The molecule has 0 aliphatic carbocycles. The number of nitrogens with zero attached hydrogens (tertiary/aromatic N) is 2. The lowest BCUT2D eigenvalue weighted by Gasteiger charge is -2.34. The summed E-state index contributed by atoms with van der Waals surface area (Å²) in [5.74, 6) is -1.44. The maximum atomic E-state index is 12.4. The highest BCUT2D eigenvalue weighted by molar-refractivity contribution is 5.82. The smallest absolute Gasteiger partial charge is 0.306 e. The maximum Gasteiger partial charge on any atom is 0.306 e. The Morgan fingerprint density at radius 1 is 1.07 bits per heavy atom. The number of aliphatic carboxylic acids is 1. The fraction of sp³-hybridized carbons (Fsp3) is 0.900. The van der Waals surface area contributed by atoms with Crippen LogP contribution in [0.2, 0.25) is 0 Å². The number of amides is 1. The van der Waals surface area contributed by atoms with E-state index in [9.17, 15) is 19.8 Å². The van der Waals surface area contributed by atoms with Crippen LogP contribution in [0, 0.1) is 11.3 Å². The molecule has 0 saturated carbocycles. The van der Waals surface area contributed by atoms with Crippen molar-refractivity contribution in [2.45, 2.75) is 46.1 Å². The molecule has 0 bridgehead atoms. The van der Waals surface area contributed by atoms with E-state index >= 15 is 0 Å². The predicted octanol–water partition coefficient (Wildman–Crippen LogP) is 1.16. The van der Waals surface area contributed by atoms with Gasteiger partial charge < -0.3 is 24.5 Å². The molecule has 0 aromatic heterocycles. The third kappa shape index (κ3) is 11.3. The van der Waals surface area contributed by atoms with Crippen molar-refractivity contribution >= 4 is 11.9 Å². The molecule has 160 valence electrons. The molecule has 0 heterocycles. The number of aliphatic hydroxyl groups excluding tert-OH is 1. The van der Waals surface area contributed by atoms with E-state index in [-0.39, 0.29) is 12.0 Å². The molecule has 0 aliphatic heterocycles. The first-order valence-electron chi connectivity index (χ1n) is 9.91. The predicted molar refractivity (Wildman–Crippen MR) is 108 cm³/mol. The number of rotatable bonds is 13. The standard InChI is InChI=1S/C20H41N3O4/c1-9-16(18(25)26)13-20(2,3)19(27)21-11-10-12-23(7,8)15-17(24)14-22(4,5)6/h16-17,24H,9-15H2,1-8H3/p+2. The van der Waals surface area contributed by atoms with Gasteiger partial charge in [-0.3, -0.25) is 9.59 Å². The van der Waals surface area contributed by atoms with Crippen LogP contribution in [0.15, 0.2) is 0 Å². The number of hydrogen-bond donors (Lipinski definition) is 3. The maximum absolute atomic E-state index is 12.4. The zero-order valence-corrected chi connectivity index (χ0v) is 18.7. The van der Waals surface area contributed by atoms with E-state index in [1.165, 1.54) is 0 Å². The van der Waals surface area contributed by atoms with Crippen molar-refractivity contribution in [1.82, 2.24) is 5.32 Å². The Morgan fingerprint density at radius 3 is 2.07 bits per heavy atom. The number of carboxylic acid groups (broad SMARTS) is 1. The zero-order valence-electron chi connectivity index (χ0n) is 18.7. The Morgan fingerprint density at radius 2 is 1.63 bits per heavy atom. The van der Waals surface area contributed by atoms with E-state index in [4.69, 9.17) is 0 Å². The van der Waals surface area contributed by atoms with Gasteiger partial charge in [0.1, 0.15) is 13.1 Å². The average Bonchev–Trinajstić information content (AvgIpc) is 2.45. The number of carboxylic acids is 1. The van der Waals surface area contributed by atoms with E-state index in [1.54, 1.807) is 13.8 Å². The Balaban J connectivity index is 4.38. The number of quaternary nitrogens is 2. The van der Waals surface area contributed by atoms with Crippen LogP contribution in [-0.4, -0.2) is 98.6 Å². The first kappa shape index (κ1) is 25.8. The number of nitrogens with one attached hydrogen (secondary N) is 1. The van der Waals surface area contributed by atoms with Crippen molar-refractivity contribution in [3.05, 3.63) is 0 Å². The number of hydrogen-bond acceptors (Lipinski definition) is 3. The third-order valence-corrected chi connectivity index (χ3v) is 4.90. The second kappa shape index (κ2) is 10.4. The minimum Gasteiger partial charge on any atom is -0.481 e. The molecular weight excluding hydrogens is 346 g/mol. The summed E-state index contributed by atoms with van der Waals surface area (Å²) in [7, 11) is 10.4. The highest BCUT2D eigenvalue weighted by atomic mass is 16.4. The quantitative estimate of drug-likeness (QED) is 0.326. The lowest BCUT2D eigenvalue weighted by atomic mass is 9.81. The topological polar surface area (TPSA) is 86.6 Å². The third-order valence-electron chi connectivity index (χ3n) is 4.90. The van der Waals surface area contributed by atoms with Crippen LogP contribution < -0.4 is 5.32 Å². The number of carbonyl (C=O) groups excluding carboxylic acids is 1. The van der Waals surface area contributed by atoms with Gasteiger partial charge in [-0.1, -0.05) is 20.8 Å². The lowest BCUT2D eigenvalue weighted by molar-refractivity contribution is -0.907. The molecule has 0 fully saturated rings. The van der Waals surface area contributed by atoms with Gasteiger partial charge in [0.2, 0.25) is 5.91 Å². The Labute approximate surface area is 165 Å². The minimum absolute atomic E-state index is 0.0995. The zero-order chi connectivity index (χ0) is 21.5. The number of likely N-dealkylation sites (N-methyl/N-ethyl adjacent to an activating group) is 2. The summed E-state index contributed by atoms with van der Waals surface area (Å²) in [6.07, 6.45) is 1.30. The van der Waals surface area contributed by atoms with Crippen LogP contribution >= 0.6 is 0 Å². The van der Waals surface area contributed by atoms with Gasteiger partial charge in [0.25, 0.3) is 0 Å². The van der Waals surface area contributed by atoms with Crippen molar-refractivity contribution in [2.24, 2.45) is 11.3 Å². The van der Waals surface area contributed by atoms with Crippen LogP contribution in [0.5, 0.6) is 0 Å². The number of aliphatic hydroxyl groups is 1. The Hall–Kier alpha value is -1.18. The van der Waals surface area contributed by atoms with Crippen LogP contribution in [0.1, 0.15) is 40.0 Å². The van der Waals surface area contributed by atoms with Crippen LogP contribution in [0.3, 0.4) is 0 Å². The molecule has 0 rings (SSSR count). The van der Waals surface area contributed by atoms with Gasteiger partial charge in [0.15, 0.2) is 6.10 Å². The van der Waals surface area contributed by atoms with Crippen molar-refractivity contribution in [1.29, 1.82) is 0 Å². The van der Waals surface area contributed by atoms with Crippen molar-refractivity contribution in [3.63, 3.8) is 0 Å². The molecule has 0 radical (unpaired) electrons. The summed E-state index contributed by atoms with van der Waals surface area (Å²) in [5.41, 5.74) is -0.704. The largest absolute Gasteiger partial charge is 0.481 e. The lowest BCUT2D eigenvalue weighted by Crippen LogP contribution is -2.52.